The zero-order valence-electron chi connectivity index (χ0n) is 15.5. The molecule has 1 amide bonds. The summed E-state index contributed by atoms with van der Waals surface area (Å²) in [5.74, 6) is -1.56. The lowest BCUT2D eigenvalue weighted by molar-refractivity contribution is 0.0697. The van der Waals surface area contributed by atoms with Crippen LogP contribution in [-0.2, 0) is 11.3 Å². The molecule has 1 aromatic carbocycles. The summed E-state index contributed by atoms with van der Waals surface area (Å²) in [6, 6.07) is 2.44. The van der Waals surface area contributed by atoms with E-state index in [9.17, 15) is 13.6 Å². The van der Waals surface area contributed by atoms with Crippen LogP contribution in [0.2, 0.25) is 0 Å². The SMILES string of the molecule is CCCCCOc1ccc(F)c(COC(=O)N2CCNC[C@H]2CC)c1F. The summed E-state index contributed by atoms with van der Waals surface area (Å²) >= 11 is 0. The van der Waals surface area contributed by atoms with Crippen LogP contribution < -0.4 is 10.1 Å². The molecule has 1 aliphatic rings. The van der Waals surface area contributed by atoms with E-state index in [1.807, 2.05) is 6.92 Å². The van der Waals surface area contributed by atoms with Crippen LogP contribution in [0.5, 0.6) is 5.75 Å². The molecule has 26 heavy (non-hydrogen) atoms. The number of rotatable bonds is 8. The van der Waals surface area contributed by atoms with Gasteiger partial charge in [-0.15, -0.1) is 0 Å². The van der Waals surface area contributed by atoms with Gasteiger partial charge in [-0.05, 0) is 25.0 Å². The Bertz CT molecular complexity index is 598. The Morgan fingerprint density at radius 2 is 2.12 bits per heavy atom. The molecule has 1 atom stereocenters. The molecular weight excluding hydrogens is 342 g/mol. The molecule has 1 fully saturated rings. The third-order valence-electron chi connectivity index (χ3n) is 4.55. The number of amides is 1. The van der Waals surface area contributed by atoms with Crippen molar-refractivity contribution in [3.63, 3.8) is 0 Å². The van der Waals surface area contributed by atoms with Gasteiger partial charge in [0.15, 0.2) is 11.6 Å². The van der Waals surface area contributed by atoms with Gasteiger partial charge in [-0.1, -0.05) is 26.7 Å². The third kappa shape index (κ3) is 5.30. The van der Waals surface area contributed by atoms with Gasteiger partial charge in [-0.25, -0.2) is 13.6 Å². The second-order valence-corrected chi connectivity index (χ2v) is 6.41. The molecule has 0 radical (unpaired) electrons. The summed E-state index contributed by atoms with van der Waals surface area (Å²) in [4.78, 5) is 13.9. The Morgan fingerprint density at radius 1 is 1.31 bits per heavy atom. The lowest BCUT2D eigenvalue weighted by Crippen LogP contribution is -2.53. The van der Waals surface area contributed by atoms with Crippen molar-refractivity contribution < 1.29 is 23.0 Å². The number of halogens is 2. The van der Waals surface area contributed by atoms with E-state index in [4.69, 9.17) is 9.47 Å². The highest BCUT2D eigenvalue weighted by Crippen LogP contribution is 2.24. The minimum Gasteiger partial charge on any atom is -0.491 e. The maximum atomic E-state index is 14.5. The highest BCUT2D eigenvalue weighted by atomic mass is 19.1. The normalized spacial score (nSPS) is 17.2. The molecule has 5 nitrogen and oxygen atoms in total. The summed E-state index contributed by atoms with van der Waals surface area (Å²) in [6.07, 6.45) is 3.05. The number of carbonyl (C=O) groups is 1. The van der Waals surface area contributed by atoms with Crippen LogP contribution in [0.15, 0.2) is 12.1 Å². The lowest BCUT2D eigenvalue weighted by atomic mass is 10.1. The predicted octanol–water partition coefficient (Wildman–Crippen LogP) is 3.85. The quantitative estimate of drug-likeness (QED) is 0.706. The van der Waals surface area contributed by atoms with Gasteiger partial charge >= 0.3 is 6.09 Å². The number of nitrogens with zero attached hydrogens (tertiary/aromatic N) is 1. The van der Waals surface area contributed by atoms with Gasteiger partial charge in [0.05, 0.1) is 12.2 Å². The largest absolute Gasteiger partial charge is 0.491 e. The van der Waals surface area contributed by atoms with Crippen LogP contribution in [0, 0.1) is 11.6 Å². The Balaban J connectivity index is 1.98. The zero-order chi connectivity index (χ0) is 18.9. The number of hydrogen-bond acceptors (Lipinski definition) is 4. The summed E-state index contributed by atoms with van der Waals surface area (Å²) in [6.45, 7) is 5.84. The minimum absolute atomic E-state index is 0.0119. The van der Waals surface area contributed by atoms with Crippen molar-refractivity contribution in [2.45, 2.75) is 52.2 Å². The van der Waals surface area contributed by atoms with Crippen molar-refractivity contribution in [3.05, 3.63) is 29.3 Å². The fraction of sp³-hybridized carbons (Fsp3) is 0.632. The summed E-state index contributed by atoms with van der Waals surface area (Å²) in [7, 11) is 0. The lowest BCUT2D eigenvalue weighted by Gasteiger charge is -2.34. The van der Waals surface area contributed by atoms with Crippen molar-refractivity contribution in [2.24, 2.45) is 0 Å². The van der Waals surface area contributed by atoms with Crippen LogP contribution in [-0.4, -0.2) is 43.3 Å². The van der Waals surface area contributed by atoms with E-state index in [1.54, 1.807) is 4.90 Å². The molecule has 1 heterocycles. The molecule has 0 aliphatic carbocycles. The molecule has 146 valence electrons. The third-order valence-corrected chi connectivity index (χ3v) is 4.55. The van der Waals surface area contributed by atoms with Crippen molar-refractivity contribution >= 4 is 6.09 Å². The van der Waals surface area contributed by atoms with E-state index in [0.29, 0.717) is 26.2 Å². The van der Waals surface area contributed by atoms with Crippen LogP contribution in [0.4, 0.5) is 13.6 Å². The van der Waals surface area contributed by atoms with E-state index in [-0.39, 0.29) is 17.4 Å². The van der Waals surface area contributed by atoms with Gasteiger partial charge in [0.1, 0.15) is 12.4 Å². The number of piperazine rings is 1. The average molecular weight is 370 g/mol. The predicted molar refractivity (Wildman–Crippen MR) is 95.2 cm³/mol. The number of hydrogen-bond donors (Lipinski definition) is 1. The van der Waals surface area contributed by atoms with E-state index in [2.05, 4.69) is 12.2 Å². The van der Waals surface area contributed by atoms with Crippen LogP contribution in [0.1, 0.15) is 45.1 Å². The van der Waals surface area contributed by atoms with Gasteiger partial charge in [-0.2, -0.15) is 0 Å². The molecule has 1 N–H and O–H groups in total. The topological polar surface area (TPSA) is 50.8 Å². The highest BCUT2D eigenvalue weighted by Gasteiger charge is 2.27. The van der Waals surface area contributed by atoms with Crippen LogP contribution in [0.3, 0.4) is 0 Å². The van der Waals surface area contributed by atoms with E-state index in [1.165, 1.54) is 6.07 Å². The van der Waals surface area contributed by atoms with E-state index >= 15 is 0 Å². The van der Waals surface area contributed by atoms with Crippen molar-refractivity contribution in [2.75, 3.05) is 26.2 Å². The molecule has 1 aromatic rings. The first kappa shape index (κ1) is 20.4. The first-order valence-corrected chi connectivity index (χ1v) is 9.32. The highest BCUT2D eigenvalue weighted by molar-refractivity contribution is 5.68. The van der Waals surface area contributed by atoms with Crippen molar-refractivity contribution in [1.29, 1.82) is 0 Å². The van der Waals surface area contributed by atoms with Crippen molar-refractivity contribution in [3.8, 4) is 5.75 Å². The summed E-state index contributed by atoms with van der Waals surface area (Å²) in [5.41, 5.74) is -0.283. The Hall–Kier alpha value is -1.89. The number of carbonyl (C=O) groups excluding carboxylic acids is 1. The Kier molecular flexibility index (Phi) is 8.09. The number of unbranched alkanes of at least 4 members (excludes halogenated alkanes) is 2. The molecule has 0 spiro atoms. The average Bonchev–Trinajstić information content (AvgIpc) is 2.66. The molecule has 0 saturated carbocycles. The first-order chi connectivity index (χ1) is 12.6. The molecule has 0 aromatic heterocycles. The standard InChI is InChI=1S/C19H28F2N2O3/c1-3-5-6-11-25-17-8-7-16(20)15(18(17)21)13-26-19(24)23-10-9-22-12-14(23)4-2/h7-8,14,22H,3-6,9-13H2,1-2H3/t14-/m1/s1. The Morgan fingerprint density at radius 3 is 2.85 bits per heavy atom. The zero-order valence-corrected chi connectivity index (χ0v) is 15.5. The fourth-order valence-corrected chi connectivity index (χ4v) is 2.94. The Labute approximate surface area is 153 Å². The molecule has 0 bridgehead atoms. The second kappa shape index (κ2) is 10.3. The maximum absolute atomic E-state index is 14.5. The van der Waals surface area contributed by atoms with Gasteiger partial charge in [0, 0.05) is 25.7 Å². The molecule has 7 heteroatoms. The minimum atomic E-state index is -0.804. The maximum Gasteiger partial charge on any atom is 0.410 e. The number of nitrogens with one attached hydrogen (secondary N) is 1. The number of ether oxygens (including phenoxy) is 2. The summed E-state index contributed by atoms with van der Waals surface area (Å²) in [5, 5.41) is 3.21. The smallest absolute Gasteiger partial charge is 0.410 e. The molecule has 1 aliphatic heterocycles. The molecule has 0 unspecified atom stereocenters. The number of benzene rings is 1. The van der Waals surface area contributed by atoms with Gasteiger partial charge in [0.2, 0.25) is 0 Å². The van der Waals surface area contributed by atoms with Gasteiger partial charge in [0.25, 0.3) is 0 Å². The van der Waals surface area contributed by atoms with Crippen molar-refractivity contribution in [1.82, 2.24) is 10.2 Å². The monoisotopic (exact) mass is 370 g/mol. The molecule has 1 saturated heterocycles. The van der Waals surface area contributed by atoms with Crippen LogP contribution in [0.25, 0.3) is 0 Å². The summed E-state index contributed by atoms with van der Waals surface area (Å²) < 4.78 is 39.1. The van der Waals surface area contributed by atoms with E-state index in [0.717, 1.165) is 31.7 Å². The van der Waals surface area contributed by atoms with E-state index < -0.39 is 24.3 Å². The molecular formula is C19H28F2N2O3. The first-order valence-electron chi connectivity index (χ1n) is 9.32. The van der Waals surface area contributed by atoms with Crippen LogP contribution >= 0.6 is 0 Å². The molecule has 2 rings (SSSR count). The fourth-order valence-electron chi connectivity index (χ4n) is 2.94. The second-order valence-electron chi connectivity index (χ2n) is 6.41. The van der Waals surface area contributed by atoms with Gasteiger partial charge in [-0.3, -0.25) is 0 Å². The van der Waals surface area contributed by atoms with Gasteiger partial charge < -0.3 is 19.7 Å².